The van der Waals surface area contributed by atoms with Crippen LogP contribution in [0, 0.1) is 0 Å². The third kappa shape index (κ3) is 4.92. The number of amides is 1. The van der Waals surface area contributed by atoms with Gasteiger partial charge in [-0.15, -0.1) is 0 Å². The minimum atomic E-state index is -1.14. The SMILES string of the molecule is COc1ccc(C(=O)NCC(OC)C(=O)O)c(OC(C)C)c1. The molecule has 0 aliphatic carbocycles. The lowest BCUT2D eigenvalue weighted by Crippen LogP contribution is -2.38. The third-order valence-electron chi connectivity index (χ3n) is 2.80. The van der Waals surface area contributed by atoms with Crippen LogP contribution in [0.4, 0.5) is 0 Å². The van der Waals surface area contributed by atoms with Crippen LogP contribution in [0.25, 0.3) is 0 Å². The Hall–Kier alpha value is -2.28. The maximum atomic E-state index is 12.2. The molecule has 1 aromatic rings. The van der Waals surface area contributed by atoms with Crippen molar-refractivity contribution in [1.29, 1.82) is 0 Å². The third-order valence-corrected chi connectivity index (χ3v) is 2.80. The van der Waals surface area contributed by atoms with E-state index in [4.69, 9.17) is 19.3 Å². The predicted octanol–water partition coefficient (Wildman–Crippen LogP) is 1.31. The fraction of sp³-hybridized carbons (Fsp3) is 0.467. The molecule has 1 rings (SSSR count). The lowest BCUT2D eigenvalue weighted by Gasteiger charge is -2.16. The van der Waals surface area contributed by atoms with Gasteiger partial charge in [0.15, 0.2) is 6.10 Å². The average molecular weight is 311 g/mol. The van der Waals surface area contributed by atoms with Gasteiger partial charge in [-0.3, -0.25) is 4.79 Å². The summed E-state index contributed by atoms with van der Waals surface area (Å²) < 4.78 is 15.5. The van der Waals surface area contributed by atoms with E-state index in [9.17, 15) is 9.59 Å². The van der Waals surface area contributed by atoms with Gasteiger partial charge in [-0.2, -0.15) is 0 Å². The van der Waals surface area contributed by atoms with Crippen molar-refractivity contribution in [3.63, 3.8) is 0 Å². The van der Waals surface area contributed by atoms with Crippen molar-refractivity contribution in [3.8, 4) is 11.5 Å². The van der Waals surface area contributed by atoms with Crippen molar-refractivity contribution in [1.82, 2.24) is 5.32 Å². The number of hydrogen-bond donors (Lipinski definition) is 2. The summed E-state index contributed by atoms with van der Waals surface area (Å²) in [5.74, 6) is -0.651. The van der Waals surface area contributed by atoms with Crippen LogP contribution >= 0.6 is 0 Å². The number of carbonyl (C=O) groups is 2. The Labute approximate surface area is 129 Å². The molecule has 0 heterocycles. The van der Waals surface area contributed by atoms with Crippen molar-refractivity contribution >= 4 is 11.9 Å². The Bertz CT molecular complexity index is 529. The van der Waals surface area contributed by atoms with Gasteiger partial charge in [-0.1, -0.05) is 0 Å². The first kappa shape index (κ1) is 17.8. The van der Waals surface area contributed by atoms with Crippen LogP contribution in [0.5, 0.6) is 11.5 Å². The molecule has 0 aromatic heterocycles. The van der Waals surface area contributed by atoms with Crippen LogP contribution in [0.15, 0.2) is 18.2 Å². The summed E-state index contributed by atoms with van der Waals surface area (Å²) in [7, 11) is 2.79. The van der Waals surface area contributed by atoms with E-state index >= 15 is 0 Å². The average Bonchev–Trinajstić information content (AvgIpc) is 2.46. The Morgan fingerprint density at radius 1 is 1.27 bits per heavy atom. The van der Waals surface area contributed by atoms with E-state index < -0.39 is 18.0 Å². The largest absolute Gasteiger partial charge is 0.497 e. The molecule has 7 heteroatoms. The second-order valence-electron chi connectivity index (χ2n) is 4.80. The van der Waals surface area contributed by atoms with Gasteiger partial charge in [0, 0.05) is 13.2 Å². The zero-order valence-electron chi connectivity index (χ0n) is 13.1. The first-order valence-electron chi connectivity index (χ1n) is 6.77. The van der Waals surface area contributed by atoms with E-state index in [1.807, 2.05) is 13.8 Å². The molecule has 0 bridgehead atoms. The quantitative estimate of drug-likeness (QED) is 0.752. The lowest BCUT2D eigenvalue weighted by atomic mass is 10.1. The summed E-state index contributed by atoms with van der Waals surface area (Å²) in [6.45, 7) is 3.54. The molecule has 0 saturated heterocycles. The standard InChI is InChI=1S/C15H21NO6/c1-9(2)22-12-7-10(20-3)5-6-11(12)14(17)16-8-13(21-4)15(18)19/h5-7,9,13H,8H2,1-4H3,(H,16,17)(H,18,19). The lowest BCUT2D eigenvalue weighted by molar-refractivity contribution is -0.148. The highest BCUT2D eigenvalue weighted by molar-refractivity contribution is 5.97. The van der Waals surface area contributed by atoms with Crippen LogP contribution < -0.4 is 14.8 Å². The molecule has 1 aromatic carbocycles. The Morgan fingerprint density at radius 3 is 2.45 bits per heavy atom. The van der Waals surface area contributed by atoms with Gasteiger partial charge < -0.3 is 24.6 Å². The maximum Gasteiger partial charge on any atom is 0.334 e. The first-order valence-corrected chi connectivity index (χ1v) is 6.77. The molecule has 0 radical (unpaired) electrons. The van der Waals surface area contributed by atoms with Gasteiger partial charge in [0.25, 0.3) is 5.91 Å². The topological polar surface area (TPSA) is 94.1 Å². The molecule has 2 N–H and O–H groups in total. The van der Waals surface area contributed by atoms with Crippen LogP contribution in [-0.2, 0) is 9.53 Å². The number of methoxy groups -OCH3 is 2. The molecule has 0 spiro atoms. The summed E-state index contributed by atoms with van der Waals surface area (Å²) in [5, 5.41) is 11.4. The molecule has 1 unspecified atom stereocenters. The van der Waals surface area contributed by atoms with Crippen LogP contribution in [0.3, 0.4) is 0 Å². The monoisotopic (exact) mass is 311 g/mol. The highest BCUT2D eigenvalue weighted by atomic mass is 16.5. The van der Waals surface area contributed by atoms with Gasteiger partial charge in [0.05, 0.1) is 25.3 Å². The van der Waals surface area contributed by atoms with Crippen molar-refractivity contribution in [3.05, 3.63) is 23.8 Å². The van der Waals surface area contributed by atoms with Crippen LogP contribution in [-0.4, -0.2) is 50.0 Å². The van der Waals surface area contributed by atoms with Crippen LogP contribution in [0.2, 0.25) is 0 Å². The summed E-state index contributed by atoms with van der Waals surface area (Å²) in [5.41, 5.74) is 0.301. The van der Waals surface area contributed by atoms with Crippen LogP contribution in [0.1, 0.15) is 24.2 Å². The zero-order valence-corrected chi connectivity index (χ0v) is 13.1. The van der Waals surface area contributed by atoms with E-state index in [-0.39, 0.29) is 12.6 Å². The van der Waals surface area contributed by atoms with E-state index in [1.54, 1.807) is 18.2 Å². The number of aliphatic carboxylic acids is 1. The minimum Gasteiger partial charge on any atom is -0.497 e. The molecule has 0 aliphatic heterocycles. The number of carbonyl (C=O) groups excluding carboxylic acids is 1. The van der Waals surface area contributed by atoms with Gasteiger partial charge in [0.2, 0.25) is 0 Å². The fourth-order valence-electron chi connectivity index (χ4n) is 1.72. The Kier molecular flexibility index (Phi) is 6.65. The van der Waals surface area contributed by atoms with E-state index in [1.165, 1.54) is 14.2 Å². The van der Waals surface area contributed by atoms with E-state index in [0.717, 1.165) is 0 Å². The molecular formula is C15H21NO6. The summed E-state index contributed by atoms with van der Waals surface area (Å²) >= 11 is 0. The Balaban J connectivity index is 2.89. The molecule has 0 fully saturated rings. The summed E-state index contributed by atoms with van der Waals surface area (Å²) in [6, 6.07) is 4.81. The second-order valence-corrected chi connectivity index (χ2v) is 4.80. The van der Waals surface area contributed by atoms with Crippen molar-refractivity contribution in [2.24, 2.45) is 0 Å². The van der Waals surface area contributed by atoms with Gasteiger partial charge in [-0.05, 0) is 26.0 Å². The molecule has 1 atom stereocenters. The number of nitrogens with one attached hydrogen (secondary N) is 1. The van der Waals surface area contributed by atoms with Crippen molar-refractivity contribution in [2.45, 2.75) is 26.1 Å². The molecule has 7 nitrogen and oxygen atoms in total. The van der Waals surface area contributed by atoms with Gasteiger partial charge >= 0.3 is 5.97 Å². The smallest absolute Gasteiger partial charge is 0.334 e. The molecule has 0 saturated carbocycles. The number of carboxylic acids is 1. The fourth-order valence-corrected chi connectivity index (χ4v) is 1.72. The first-order chi connectivity index (χ1) is 10.4. The number of benzene rings is 1. The van der Waals surface area contributed by atoms with E-state index in [2.05, 4.69) is 5.32 Å². The molecular weight excluding hydrogens is 290 g/mol. The number of carboxylic acid groups (broad SMARTS) is 1. The zero-order chi connectivity index (χ0) is 16.7. The van der Waals surface area contributed by atoms with E-state index in [0.29, 0.717) is 17.1 Å². The molecule has 22 heavy (non-hydrogen) atoms. The summed E-state index contributed by atoms with van der Waals surface area (Å²) in [6.07, 6.45) is -1.22. The van der Waals surface area contributed by atoms with Gasteiger partial charge in [-0.25, -0.2) is 4.79 Å². The number of rotatable bonds is 8. The minimum absolute atomic E-state index is 0.121. The highest BCUT2D eigenvalue weighted by Gasteiger charge is 2.20. The van der Waals surface area contributed by atoms with Crippen molar-refractivity contribution < 1.29 is 28.9 Å². The number of hydrogen-bond acceptors (Lipinski definition) is 5. The Morgan fingerprint density at radius 2 is 1.95 bits per heavy atom. The predicted molar refractivity (Wildman–Crippen MR) is 79.5 cm³/mol. The second kappa shape index (κ2) is 8.23. The maximum absolute atomic E-state index is 12.2. The van der Waals surface area contributed by atoms with Gasteiger partial charge in [0.1, 0.15) is 11.5 Å². The molecule has 1 amide bonds. The van der Waals surface area contributed by atoms with Crippen molar-refractivity contribution in [2.75, 3.05) is 20.8 Å². The molecule has 122 valence electrons. The summed E-state index contributed by atoms with van der Waals surface area (Å²) in [4.78, 5) is 23.1. The molecule has 0 aliphatic rings. The number of ether oxygens (including phenoxy) is 3. The normalized spacial score (nSPS) is 11.9. The highest BCUT2D eigenvalue weighted by Crippen LogP contribution is 2.25.